The Labute approximate surface area is 163 Å². The van der Waals surface area contributed by atoms with Crippen LogP contribution in [0.25, 0.3) is 0 Å². The number of hydrogen-bond donors (Lipinski definition) is 1. The Morgan fingerprint density at radius 2 is 1.75 bits per heavy atom. The van der Waals surface area contributed by atoms with Crippen LogP contribution in [0.2, 0.25) is 0 Å². The number of piperazine rings is 1. The van der Waals surface area contributed by atoms with Gasteiger partial charge in [0, 0.05) is 30.9 Å². The summed E-state index contributed by atoms with van der Waals surface area (Å²) in [4.78, 5) is 40.0. The molecular weight excluding hydrogens is 358 g/mol. The number of aryl methyl sites for hydroxylation is 1. The van der Waals surface area contributed by atoms with Crippen molar-refractivity contribution in [3.05, 3.63) is 59.7 Å². The van der Waals surface area contributed by atoms with Crippen LogP contribution in [0.4, 0.5) is 5.69 Å². The number of carbonyl (C=O) groups is 3. The minimum absolute atomic E-state index is 0.152. The van der Waals surface area contributed by atoms with Gasteiger partial charge >= 0.3 is 11.8 Å². The molecule has 1 saturated heterocycles. The number of ether oxygens (including phenoxy) is 1. The molecule has 7 heteroatoms. The highest BCUT2D eigenvalue weighted by molar-refractivity contribution is 6.35. The second kappa shape index (κ2) is 8.56. The summed E-state index contributed by atoms with van der Waals surface area (Å²) in [6.07, 6.45) is 0. The largest absolute Gasteiger partial charge is 0.496 e. The van der Waals surface area contributed by atoms with Crippen molar-refractivity contribution in [2.45, 2.75) is 13.5 Å². The molecule has 28 heavy (non-hydrogen) atoms. The SMILES string of the molecule is COc1ccccc1CN1CCN(CC(=O)Nc2cccc(C)c2)C(=O)C1=O. The lowest BCUT2D eigenvalue weighted by Crippen LogP contribution is -2.55. The van der Waals surface area contributed by atoms with E-state index in [-0.39, 0.29) is 19.0 Å². The molecule has 1 aliphatic heterocycles. The van der Waals surface area contributed by atoms with Gasteiger partial charge in [-0.2, -0.15) is 0 Å². The molecule has 7 nitrogen and oxygen atoms in total. The molecule has 0 spiro atoms. The molecule has 0 aliphatic carbocycles. The number of anilines is 1. The van der Waals surface area contributed by atoms with Gasteiger partial charge in [-0.3, -0.25) is 14.4 Å². The summed E-state index contributed by atoms with van der Waals surface area (Å²) >= 11 is 0. The Hall–Kier alpha value is -3.35. The van der Waals surface area contributed by atoms with Gasteiger partial charge in [-0.1, -0.05) is 30.3 Å². The zero-order valence-corrected chi connectivity index (χ0v) is 16.0. The van der Waals surface area contributed by atoms with E-state index in [0.29, 0.717) is 24.5 Å². The second-order valence-electron chi connectivity index (χ2n) is 6.68. The van der Waals surface area contributed by atoms with Crippen molar-refractivity contribution in [1.29, 1.82) is 0 Å². The monoisotopic (exact) mass is 381 g/mol. The summed E-state index contributed by atoms with van der Waals surface area (Å²) < 4.78 is 5.30. The average Bonchev–Trinajstić information content (AvgIpc) is 2.68. The van der Waals surface area contributed by atoms with Crippen molar-refractivity contribution in [3.63, 3.8) is 0 Å². The van der Waals surface area contributed by atoms with Gasteiger partial charge in [0.1, 0.15) is 12.3 Å². The van der Waals surface area contributed by atoms with Crippen molar-refractivity contribution in [2.24, 2.45) is 0 Å². The molecule has 1 fully saturated rings. The van der Waals surface area contributed by atoms with Crippen LogP contribution in [0.5, 0.6) is 5.75 Å². The number of carbonyl (C=O) groups excluding carboxylic acids is 3. The topological polar surface area (TPSA) is 79.0 Å². The lowest BCUT2D eigenvalue weighted by atomic mass is 10.1. The lowest BCUT2D eigenvalue weighted by molar-refractivity contribution is -0.157. The van der Waals surface area contributed by atoms with E-state index in [0.717, 1.165) is 11.1 Å². The third-order valence-electron chi connectivity index (χ3n) is 4.59. The molecule has 0 unspecified atom stereocenters. The van der Waals surface area contributed by atoms with Gasteiger partial charge in [0.05, 0.1) is 7.11 Å². The van der Waals surface area contributed by atoms with Crippen molar-refractivity contribution < 1.29 is 19.1 Å². The minimum Gasteiger partial charge on any atom is -0.496 e. The van der Waals surface area contributed by atoms with Gasteiger partial charge in [-0.15, -0.1) is 0 Å². The molecule has 0 radical (unpaired) electrons. The number of para-hydroxylation sites is 1. The quantitative estimate of drug-likeness (QED) is 0.774. The summed E-state index contributed by atoms with van der Waals surface area (Å²) in [7, 11) is 1.57. The van der Waals surface area contributed by atoms with E-state index in [9.17, 15) is 14.4 Å². The molecule has 0 atom stereocenters. The van der Waals surface area contributed by atoms with Gasteiger partial charge in [0.15, 0.2) is 0 Å². The highest BCUT2D eigenvalue weighted by Gasteiger charge is 2.33. The first-order valence-electron chi connectivity index (χ1n) is 9.04. The lowest BCUT2D eigenvalue weighted by Gasteiger charge is -2.33. The number of nitrogens with zero attached hydrogens (tertiary/aromatic N) is 2. The average molecular weight is 381 g/mol. The van der Waals surface area contributed by atoms with Gasteiger partial charge < -0.3 is 19.9 Å². The summed E-state index contributed by atoms with van der Waals surface area (Å²) in [6.45, 7) is 2.74. The highest BCUT2D eigenvalue weighted by atomic mass is 16.5. The molecule has 2 aromatic rings. The number of methoxy groups -OCH3 is 1. The zero-order chi connectivity index (χ0) is 20.1. The van der Waals surface area contributed by atoms with Crippen LogP contribution < -0.4 is 10.1 Å². The Morgan fingerprint density at radius 1 is 1.04 bits per heavy atom. The fourth-order valence-corrected chi connectivity index (χ4v) is 3.15. The van der Waals surface area contributed by atoms with Crippen LogP contribution in [0.3, 0.4) is 0 Å². The molecular formula is C21H23N3O4. The standard InChI is InChI=1S/C21H23N3O4/c1-15-6-5-8-17(12-15)22-19(25)14-24-11-10-23(20(26)21(24)27)13-16-7-3-4-9-18(16)28-2/h3-9,12H,10-11,13-14H2,1-2H3,(H,22,25). The zero-order valence-electron chi connectivity index (χ0n) is 16.0. The van der Waals surface area contributed by atoms with E-state index in [4.69, 9.17) is 4.74 Å². The first kappa shape index (κ1) is 19.4. The molecule has 1 N–H and O–H groups in total. The maximum atomic E-state index is 12.5. The summed E-state index contributed by atoms with van der Waals surface area (Å²) in [6, 6.07) is 14.8. The normalized spacial score (nSPS) is 14.2. The fraction of sp³-hybridized carbons (Fsp3) is 0.286. The van der Waals surface area contributed by atoms with Crippen molar-refractivity contribution in [2.75, 3.05) is 32.1 Å². The molecule has 1 heterocycles. The van der Waals surface area contributed by atoms with Crippen LogP contribution in [-0.2, 0) is 20.9 Å². The smallest absolute Gasteiger partial charge is 0.312 e. The van der Waals surface area contributed by atoms with Crippen molar-refractivity contribution in [3.8, 4) is 5.75 Å². The van der Waals surface area contributed by atoms with E-state index in [1.54, 1.807) is 13.2 Å². The number of benzene rings is 2. The summed E-state index contributed by atoms with van der Waals surface area (Å²) in [5.41, 5.74) is 2.52. The van der Waals surface area contributed by atoms with Crippen LogP contribution >= 0.6 is 0 Å². The maximum absolute atomic E-state index is 12.5. The van der Waals surface area contributed by atoms with Gasteiger partial charge in [0.2, 0.25) is 5.91 Å². The molecule has 1 aliphatic rings. The van der Waals surface area contributed by atoms with E-state index in [1.807, 2.05) is 49.4 Å². The molecule has 0 bridgehead atoms. The first-order chi connectivity index (χ1) is 13.5. The van der Waals surface area contributed by atoms with Crippen molar-refractivity contribution in [1.82, 2.24) is 9.80 Å². The van der Waals surface area contributed by atoms with E-state index >= 15 is 0 Å². The van der Waals surface area contributed by atoms with E-state index < -0.39 is 11.8 Å². The number of hydrogen-bond acceptors (Lipinski definition) is 4. The van der Waals surface area contributed by atoms with Crippen LogP contribution in [0, 0.1) is 6.92 Å². The minimum atomic E-state index is -0.666. The predicted molar refractivity (Wildman–Crippen MR) is 105 cm³/mol. The molecule has 0 aromatic heterocycles. The molecule has 3 rings (SSSR count). The molecule has 3 amide bonds. The van der Waals surface area contributed by atoms with Crippen LogP contribution in [0.15, 0.2) is 48.5 Å². The summed E-state index contributed by atoms with van der Waals surface area (Å²) in [5.74, 6) is -0.936. The highest BCUT2D eigenvalue weighted by Crippen LogP contribution is 2.20. The molecule has 2 aromatic carbocycles. The van der Waals surface area contributed by atoms with Gasteiger partial charge in [0.25, 0.3) is 0 Å². The number of rotatable bonds is 6. The number of nitrogens with one attached hydrogen (secondary N) is 1. The Bertz CT molecular complexity index is 897. The van der Waals surface area contributed by atoms with Crippen molar-refractivity contribution >= 4 is 23.4 Å². The molecule has 146 valence electrons. The Balaban J connectivity index is 1.59. The number of amides is 3. The first-order valence-corrected chi connectivity index (χ1v) is 9.04. The third kappa shape index (κ3) is 4.49. The summed E-state index contributed by atoms with van der Waals surface area (Å²) in [5, 5.41) is 2.76. The van der Waals surface area contributed by atoms with Gasteiger partial charge in [-0.05, 0) is 30.7 Å². The third-order valence-corrected chi connectivity index (χ3v) is 4.59. The fourth-order valence-electron chi connectivity index (χ4n) is 3.15. The van der Waals surface area contributed by atoms with Crippen LogP contribution in [-0.4, -0.2) is 54.3 Å². The predicted octanol–water partition coefficient (Wildman–Crippen LogP) is 1.81. The van der Waals surface area contributed by atoms with E-state index in [1.165, 1.54) is 9.80 Å². The van der Waals surface area contributed by atoms with Gasteiger partial charge in [-0.25, -0.2) is 0 Å². The van der Waals surface area contributed by atoms with Crippen LogP contribution in [0.1, 0.15) is 11.1 Å². The Kier molecular flexibility index (Phi) is 5.93. The molecule has 0 saturated carbocycles. The Morgan fingerprint density at radius 3 is 2.50 bits per heavy atom. The maximum Gasteiger partial charge on any atom is 0.312 e. The van der Waals surface area contributed by atoms with E-state index in [2.05, 4.69) is 5.32 Å². The second-order valence-corrected chi connectivity index (χ2v) is 6.68.